The number of hydrogen-bond donors (Lipinski definition) is 1. The molecule has 1 aliphatic heterocycles. The third-order valence-electron chi connectivity index (χ3n) is 4.03. The van der Waals surface area contributed by atoms with Crippen molar-refractivity contribution in [2.45, 2.75) is 53.1 Å². The van der Waals surface area contributed by atoms with Gasteiger partial charge in [0, 0.05) is 25.3 Å². The second kappa shape index (κ2) is 6.38. The standard InChI is InChI=1S/C16H27N3/c1-5-17-10-14-9-13(4)16(18-11-14)19-8-6-7-15(19)12(2)3/h9,11-12,15,17H,5-8,10H2,1-4H3. The Hall–Kier alpha value is -1.09. The first-order valence-electron chi connectivity index (χ1n) is 7.56. The Bertz CT molecular complexity index is 414. The molecule has 1 fully saturated rings. The molecule has 0 amide bonds. The van der Waals surface area contributed by atoms with Crippen molar-refractivity contribution < 1.29 is 0 Å². The molecule has 0 bridgehead atoms. The fourth-order valence-electron chi connectivity index (χ4n) is 3.04. The lowest BCUT2D eigenvalue weighted by Gasteiger charge is -2.30. The first-order chi connectivity index (χ1) is 9.13. The molecule has 0 spiro atoms. The van der Waals surface area contributed by atoms with E-state index in [1.165, 1.54) is 29.8 Å². The number of nitrogens with one attached hydrogen (secondary N) is 1. The first kappa shape index (κ1) is 14.3. The Morgan fingerprint density at radius 3 is 2.89 bits per heavy atom. The molecule has 2 heterocycles. The van der Waals surface area contributed by atoms with Crippen LogP contribution in [0.2, 0.25) is 0 Å². The SMILES string of the molecule is CCNCc1cnc(N2CCCC2C(C)C)c(C)c1. The number of pyridine rings is 1. The zero-order valence-electron chi connectivity index (χ0n) is 12.7. The quantitative estimate of drug-likeness (QED) is 0.882. The number of anilines is 1. The fourth-order valence-corrected chi connectivity index (χ4v) is 3.04. The molecule has 0 aromatic carbocycles. The van der Waals surface area contributed by atoms with E-state index < -0.39 is 0 Å². The van der Waals surface area contributed by atoms with Crippen LogP contribution in [0, 0.1) is 12.8 Å². The number of hydrogen-bond acceptors (Lipinski definition) is 3. The average Bonchev–Trinajstić information content (AvgIpc) is 2.85. The van der Waals surface area contributed by atoms with Crippen LogP contribution in [0.15, 0.2) is 12.3 Å². The van der Waals surface area contributed by atoms with Crippen LogP contribution in [-0.2, 0) is 6.54 Å². The maximum atomic E-state index is 4.73. The second-order valence-corrected chi connectivity index (χ2v) is 5.91. The zero-order chi connectivity index (χ0) is 13.8. The molecule has 1 unspecified atom stereocenters. The maximum Gasteiger partial charge on any atom is 0.131 e. The predicted octanol–water partition coefficient (Wildman–Crippen LogP) is 3.12. The van der Waals surface area contributed by atoms with E-state index in [1.807, 2.05) is 6.20 Å². The summed E-state index contributed by atoms with van der Waals surface area (Å²) in [5.41, 5.74) is 2.59. The largest absolute Gasteiger partial charge is 0.353 e. The minimum atomic E-state index is 0.658. The van der Waals surface area contributed by atoms with E-state index in [2.05, 4.69) is 44.0 Å². The molecule has 3 nitrogen and oxygen atoms in total. The van der Waals surface area contributed by atoms with Gasteiger partial charge in [0.1, 0.15) is 5.82 Å². The van der Waals surface area contributed by atoms with E-state index in [9.17, 15) is 0 Å². The number of nitrogens with zero attached hydrogens (tertiary/aromatic N) is 2. The lowest BCUT2D eigenvalue weighted by molar-refractivity contribution is 0.489. The van der Waals surface area contributed by atoms with Crippen molar-refractivity contribution in [1.29, 1.82) is 0 Å². The van der Waals surface area contributed by atoms with E-state index in [-0.39, 0.29) is 0 Å². The van der Waals surface area contributed by atoms with Crippen molar-refractivity contribution in [3.8, 4) is 0 Å². The van der Waals surface area contributed by atoms with Crippen LogP contribution in [0.25, 0.3) is 0 Å². The maximum absolute atomic E-state index is 4.73. The Morgan fingerprint density at radius 1 is 1.47 bits per heavy atom. The molecule has 106 valence electrons. The van der Waals surface area contributed by atoms with Gasteiger partial charge in [-0.05, 0) is 49.4 Å². The van der Waals surface area contributed by atoms with E-state index in [0.29, 0.717) is 12.0 Å². The van der Waals surface area contributed by atoms with Gasteiger partial charge in [-0.15, -0.1) is 0 Å². The lowest BCUT2D eigenvalue weighted by atomic mass is 10.0. The third-order valence-corrected chi connectivity index (χ3v) is 4.03. The third kappa shape index (κ3) is 3.27. The molecule has 0 aliphatic carbocycles. The van der Waals surface area contributed by atoms with Crippen molar-refractivity contribution in [3.05, 3.63) is 23.4 Å². The molecule has 1 atom stereocenters. The van der Waals surface area contributed by atoms with Gasteiger partial charge in [0.05, 0.1) is 0 Å². The summed E-state index contributed by atoms with van der Waals surface area (Å²) >= 11 is 0. The van der Waals surface area contributed by atoms with Crippen molar-refractivity contribution in [3.63, 3.8) is 0 Å². The van der Waals surface area contributed by atoms with E-state index in [1.54, 1.807) is 0 Å². The highest BCUT2D eigenvalue weighted by Gasteiger charge is 2.28. The van der Waals surface area contributed by atoms with Crippen LogP contribution in [0.1, 0.15) is 44.7 Å². The highest BCUT2D eigenvalue weighted by Crippen LogP contribution is 2.30. The summed E-state index contributed by atoms with van der Waals surface area (Å²) in [6.45, 7) is 12.0. The van der Waals surface area contributed by atoms with Gasteiger partial charge in [0.15, 0.2) is 0 Å². The topological polar surface area (TPSA) is 28.2 Å². The predicted molar refractivity (Wildman–Crippen MR) is 81.6 cm³/mol. The molecule has 1 aromatic rings. The van der Waals surface area contributed by atoms with Gasteiger partial charge in [0.2, 0.25) is 0 Å². The van der Waals surface area contributed by atoms with Gasteiger partial charge >= 0.3 is 0 Å². The smallest absolute Gasteiger partial charge is 0.131 e. The number of aryl methyl sites for hydroxylation is 1. The molecule has 1 aromatic heterocycles. The minimum Gasteiger partial charge on any atom is -0.353 e. The molecule has 1 aliphatic rings. The highest BCUT2D eigenvalue weighted by molar-refractivity contribution is 5.49. The van der Waals surface area contributed by atoms with Gasteiger partial charge in [0.25, 0.3) is 0 Å². The Labute approximate surface area is 117 Å². The minimum absolute atomic E-state index is 0.658. The Morgan fingerprint density at radius 2 is 2.26 bits per heavy atom. The van der Waals surface area contributed by atoms with Gasteiger partial charge < -0.3 is 10.2 Å². The molecule has 3 heteroatoms. The van der Waals surface area contributed by atoms with Gasteiger partial charge in [-0.25, -0.2) is 4.98 Å². The van der Waals surface area contributed by atoms with Crippen LogP contribution in [0.3, 0.4) is 0 Å². The fraction of sp³-hybridized carbons (Fsp3) is 0.688. The summed E-state index contributed by atoms with van der Waals surface area (Å²) in [7, 11) is 0. The van der Waals surface area contributed by atoms with E-state index in [4.69, 9.17) is 4.98 Å². The highest BCUT2D eigenvalue weighted by atomic mass is 15.2. The summed E-state index contributed by atoms with van der Waals surface area (Å²) in [4.78, 5) is 7.24. The summed E-state index contributed by atoms with van der Waals surface area (Å²) in [6, 6.07) is 2.94. The van der Waals surface area contributed by atoms with Crippen LogP contribution < -0.4 is 10.2 Å². The summed E-state index contributed by atoms with van der Waals surface area (Å²) in [5.74, 6) is 1.89. The molecule has 2 rings (SSSR count). The number of rotatable bonds is 5. The Balaban J connectivity index is 2.16. The van der Waals surface area contributed by atoms with Crippen LogP contribution >= 0.6 is 0 Å². The van der Waals surface area contributed by atoms with E-state index in [0.717, 1.165) is 19.6 Å². The van der Waals surface area contributed by atoms with Crippen molar-refractivity contribution >= 4 is 5.82 Å². The van der Waals surface area contributed by atoms with Crippen LogP contribution in [0.5, 0.6) is 0 Å². The van der Waals surface area contributed by atoms with Crippen LogP contribution in [-0.4, -0.2) is 24.1 Å². The van der Waals surface area contributed by atoms with Crippen molar-refractivity contribution in [1.82, 2.24) is 10.3 Å². The van der Waals surface area contributed by atoms with Gasteiger partial charge in [-0.3, -0.25) is 0 Å². The second-order valence-electron chi connectivity index (χ2n) is 5.91. The summed E-state index contributed by atoms with van der Waals surface area (Å²) in [6.07, 6.45) is 4.63. The molecule has 0 radical (unpaired) electrons. The normalized spacial score (nSPS) is 19.4. The van der Waals surface area contributed by atoms with Gasteiger partial charge in [-0.2, -0.15) is 0 Å². The van der Waals surface area contributed by atoms with Crippen molar-refractivity contribution in [2.24, 2.45) is 5.92 Å². The summed E-state index contributed by atoms with van der Waals surface area (Å²) < 4.78 is 0. The van der Waals surface area contributed by atoms with Crippen LogP contribution in [0.4, 0.5) is 5.82 Å². The van der Waals surface area contributed by atoms with E-state index >= 15 is 0 Å². The average molecular weight is 261 g/mol. The molecule has 1 saturated heterocycles. The number of aromatic nitrogens is 1. The molecule has 1 N–H and O–H groups in total. The molecule has 19 heavy (non-hydrogen) atoms. The van der Waals surface area contributed by atoms with Gasteiger partial charge in [-0.1, -0.05) is 20.8 Å². The monoisotopic (exact) mass is 261 g/mol. The van der Waals surface area contributed by atoms with Crippen molar-refractivity contribution in [2.75, 3.05) is 18.0 Å². The molecular formula is C16H27N3. The first-order valence-corrected chi connectivity index (χ1v) is 7.56. The Kier molecular flexibility index (Phi) is 4.81. The zero-order valence-corrected chi connectivity index (χ0v) is 12.7. The summed E-state index contributed by atoms with van der Waals surface area (Å²) in [5, 5.41) is 3.35. The molecular weight excluding hydrogens is 234 g/mol. The lowest BCUT2D eigenvalue weighted by Crippen LogP contribution is -2.34. The molecule has 0 saturated carbocycles.